The van der Waals surface area contributed by atoms with Crippen LogP contribution >= 0.6 is 0 Å². The first kappa shape index (κ1) is 31.5. The first-order chi connectivity index (χ1) is 21.2. The van der Waals surface area contributed by atoms with Crippen LogP contribution in [0.25, 0.3) is 11.6 Å². The standard InChI is InChI=1S/C44H50/c1-9-12-30(6)42-31(7)25-41-28-40(32(8)43(41)44(42)39-23-13-33(10-2)14-24-39)27-35-18-22-38(36(11-3)26-35)21-17-34-15-19-37(20-16-34)29(4)5/h13-16,18-20,22-27,43-44H,4,6,8-12,17,21,28H2,1-3,5,7H3. The van der Waals surface area contributed by atoms with Crippen LogP contribution in [0.3, 0.4) is 0 Å². The number of hydrogen-bond acceptors (Lipinski definition) is 0. The van der Waals surface area contributed by atoms with E-state index in [0.29, 0.717) is 5.92 Å². The Morgan fingerprint density at radius 1 is 0.818 bits per heavy atom. The molecule has 0 N–H and O–H groups in total. The summed E-state index contributed by atoms with van der Waals surface area (Å²) in [7, 11) is 0. The van der Waals surface area contributed by atoms with E-state index in [-0.39, 0.29) is 5.92 Å². The molecule has 0 aliphatic heterocycles. The van der Waals surface area contributed by atoms with Crippen molar-refractivity contribution in [3.63, 3.8) is 0 Å². The molecule has 1 saturated carbocycles. The summed E-state index contributed by atoms with van der Waals surface area (Å²) in [5.41, 5.74) is 18.9. The lowest BCUT2D eigenvalue weighted by Crippen LogP contribution is -2.21. The van der Waals surface area contributed by atoms with Gasteiger partial charge in [0.15, 0.2) is 0 Å². The maximum absolute atomic E-state index is 4.76. The summed E-state index contributed by atoms with van der Waals surface area (Å²) >= 11 is 0. The molecule has 2 atom stereocenters. The maximum Gasteiger partial charge on any atom is 0.0201 e. The molecule has 44 heavy (non-hydrogen) atoms. The highest BCUT2D eigenvalue weighted by atomic mass is 14.4. The van der Waals surface area contributed by atoms with Crippen molar-refractivity contribution in [2.24, 2.45) is 5.92 Å². The van der Waals surface area contributed by atoms with Gasteiger partial charge in [0.2, 0.25) is 0 Å². The molecule has 0 nitrogen and oxygen atoms in total. The van der Waals surface area contributed by atoms with Crippen LogP contribution in [0.15, 0.2) is 126 Å². The predicted molar refractivity (Wildman–Crippen MR) is 193 cm³/mol. The molecule has 0 spiro atoms. The smallest absolute Gasteiger partial charge is 0.0201 e. The zero-order valence-corrected chi connectivity index (χ0v) is 27.7. The lowest BCUT2D eigenvalue weighted by atomic mass is 9.69. The zero-order chi connectivity index (χ0) is 31.4. The van der Waals surface area contributed by atoms with Gasteiger partial charge in [0.25, 0.3) is 0 Å². The van der Waals surface area contributed by atoms with Crippen LogP contribution in [-0.4, -0.2) is 0 Å². The molecule has 0 heterocycles. The van der Waals surface area contributed by atoms with Crippen molar-refractivity contribution in [2.45, 2.75) is 85.5 Å². The predicted octanol–water partition coefficient (Wildman–Crippen LogP) is 12.0. The van der Waals surface area contributed by atoms with Crippen LogP contribution in [0, 0.1) is 5.92 Å². The SMILES string of the molecule is C=C(CCC)C1=C(C)C=C2CC(=Cc3ccc(CCc4ccc(C(=C)C)cc4)c(CC)c3)C(=C)C2C1c1ccc(CC)cc1. The molecule has 0 aromatic heterocycles. The van der Waals surface area contributed by atoms with E-state index in [1.54, 1.807) is 0 Å². The second kappa shape index (κ2) is 13.8. The van der Waals surface area contributed by atoms with Crippen molar-refractivity contribution in [2.75, 3.05) is 0 Å². The van der Waals surface area contributed by atoms with E-state index in [0.717, 1.165) is 50.5 Å². The van der Waals surface area contributed by atoms with Gasteiger partial charge in [-0.15, -0.1) is 0 Å². The normalized spacial score (nSPS) is 18.9. The van der Waals surface area contributed by atoms with E-state index in [1.807, 2.05) is 0 Å². The first-order valence-corrected chi connectivity index (χ1v) is 16.7. The fourth-order valence-corrected chi connectivity index (χ4v) is 7.33. The average Bonchev–Trinajstić information content (AvgIpc) is 3.33. The zero-order valence-electron chi connectivity index (χ0n) is 27.7. The summed E-state index contributed by atoms with van der Waals surface area (Å²) in [6, 6.07) is 25.3. The van der Waals surface area contributed by atoms with Gasteiger partial charge in [0, 0.05) is 11.8 Å². The Balaban J connectivity index is 1.41. The van der Waals surface area contributed by atoms with Gasteiger partial charge < -0.3 is 0 Å². The van der Waals surface area contributed by atoms with Crippen molar-refractivity contribution < 1.29 is 0 Å². The second-order valence-electron chi connectivity index (χ2n) is 13.0. The summed E-state index contributed by atoms with van der Waals surface area (Å²) in [6.45, 7) is 24.5. The van der Waals surface area contributed by atoms with Crippen LogP contribution in [0.1, 0.15) is 98.7 Å². The van der Waals surface area contributed by atoms with E-state index in [9.17, 15) is 0 Å². The number of allylic oxidation sites excluding steroid dienone is 8. The summed E-state index contributed by atoms with van der Waals surface area (Å²) in [5, 5.41) is 0. The fourth-order valence-electron chi connectivity index (χ4n) is 7.33. The molecule has 2 aliphatic rings. The van der Waals surface area contributed by atoms with Crippen LogP contribution in [0.5, 0.6) is 0 Å². The number of hydrogen-bond donors (Lipinski definition) is 0. The Kier molecular flexibility index (Phi) is 9.90. The number of aryl methyl sites for hydroxylation is 4. The minimum atomic E-state index is 0.274. The molecule has 226 valence electrons. The van der Waals surface area contributed by atoms with E-state index in [2.05, 4.69) is 127 Å². The van der Waals surface area contributed by atoms with Gasteiger partial charge in [-0.05, 0) is 114 Å². The van der Waals surface area contributed by atoms with Crippen LogP contribution < -0.4 is 0 Å². The molecule has 0 heteroatoms. The van der Waals surface area contributed by atoms with Gasteiger partial charge in [0.05, 0.1) is 0 Å². The summed E-state index contributed by atoms with van der Waals surface area (Å²) in [5.74, 6) is 0.568. The van der Waals surface area contributed by atoms with Gasteiger partial charge >= 0.3 is 0 Å². The lowest BCUT2D eigenvalue weighted by molar-refractivity contribution is 0.619. The summed E-state index contributed by atoms with van der Waals surface area (Å²) in [4.78, 5) is 0. The highest BCUT2D eigenvalue weighted by Crippen LogP contribution is 2.55. The minimum Gasteiger partial charge on any atom is -0.0955 e. The number of rotatable bonds is 11. The highest BCUT2D eigenvalue weighted by Gasteiger charge is 2.40. The molecular formula is C44H50. The molecule has 1 fully saturated rings. The van der Waals surface area contributed by atoms with E-state index < -0.39 is 0 Å². The largest absolute Gasteiger partial charge is 0.0955 e. The molecule has 0 saturated heterocycles. The van der Waals surface area contributed by atoms with Gasteiger partial charge in [-0.25, -0.2) is 0 Å². The van der Waals surface area contributed by atoms with Crippen molar-refractivity contribution in [3.8, 4) is 0 Å². The third kappa shape index (κ3) is 6.61. The molecule has 5 rings (SSSR count). The fraction of sp³-hybridized carbons (Fsp3) is 0.318. The summed E-state index contributed by atoms with van der Waals surface area (Å²) in [6.07, 6.45) is 12.2. The Labute approximate surface area is 267 Å². The maximum atomic E-state index is 4.76. The Hall–Kier alpha value is -3.90. The Morgan fingerprint density at radius 3 is 2.16 bits per heavy atom. The molecule has 0 radical (unpaired) electrons. The van der Waals surface area contributed by atoms with Gasteiger partial charge in [-0.1, -0.05) is 143 Å². The Bertz CT molecular complexity index is 1650. The third-order valence-corrected chi connectivity index (χ3v) is 9.81. The van der Waals surface area contributed by atoms with E-state index in [4.69, 9.17) is 6.58 Å². The topological polar surface area (TPSA) is 0 Å². The molecule has 3 aromatic rings. The molecule has 0 bridgehead atoms. The van der Waals surface area contributed by atoms with Gasteiger partial charge in [0.1, 0.15) is 0 Å². The Morgan fingerprint density at radius 2 is 1.52 bits per heavy atom. The molecular weight excluding hydrogens is 528 g/mol. The number of benzene rings is 3. The van der Waals surface area contributed by atoms with Gasteiger partial charge in [-0.2, -0.15) is 0 Å². The monoisotopic (exact) mass is 578 g/mol. The minimum absolute atomic E-state index is 0.274. The number of fused-ring (bicyclic) bond motifs is 1. The van der Waals surface area contributed by atoms with Gasteiger partial charge in [-0.3, -0.25) is 0 Å². The highest BCUT2D eigenvalue weighted by molar-refractivity contribution is 5.68. The van der Waals surface area contributed by atoms with Crippen molar-refractivity contribution >= 4 is 11.6 Å². The molecule has 3 aromatic carbocycles. The lowest BCUT2D eigenvalue weighted by Gasteiger charge is -2.34. The molecule has 2 aliphatic carbocycles. The van der Waals surface area contributed by atoms with Crippen molar-refractivity contribution in [1.29, 1.82) is 0 Å². The van der Waals surface area contributed by atoms with E-state index in [1.165, 1.54) is 72.4 Å². The first-order valence-electron chi connectivity index (χ1n) is 16.7. The van der Waals surface area contributed by atoms with Crippen LogP contribution in [-0.2, 0) is 25.7 Å². The van der Waals surface area contributed by atoms with Crippen LogP contribution in [0.4, 0.5) is 0 Å². The molecule has 2 unspecified atom stereocenters. The van der Waals surface area contributed by atoms with Crippen LogP contribution in [0.2, 0.25) is 0 Å². The molecule has 0 amide bonds. The van der Waals surface area contributed by atoms with Crippen molar-refractivity contribution in [3.05, 3.63) is 165 Å². The average molecular weight is 579 g/mol. The summed E-state index contributed by atoms with van der Waals surface area (Å²) < 4.78 is 0. The van der Waals surface area contributed by atoms with E-state index >= 15 is 0 Å². The quantitative estimate of drug-likeness (QED) is 0.212. The van der Waals surface area contributed by atoms with Crippen molar-refractivity contribution in [1.82, 2.24) is 0 Å². The second-order valence-corrected chi connectivity index (χ2v) is 13.0. The third-order valence-electron chi connectivity index (χ3n) is 9.81.